The Morgan fingerprint density at radius 3 is 2.16 bits per heavy atom. The molecule has 3 fully saturated rings. The predicted octanol–water partition coefficient (Wildman–Crippen LogP) is 0.804. The number of nitrogens with zero attached hydrogens (tertiary/aromatic N) is 3. The van der Waals surface area contributed by atoms with Crippen molar-refractivity contribution in [1.29, 1.82) is 0 Å². The molecule has 0 unspecified atom stereocenters. The summed E-state index contributed by atoms with van der Waals surface area (Å²) < 4.78 is 33.8. The lowest BCUT2D eigenvalue weighted by Gasteiger charge is -2.34. The summed E-state index contributed by atoms with van der Waals surface area (Å²) in [6, 6.07) is -4.25. The van der Waals surface area contributed by atoms with Gasteiger partial charge in [0.25, 0.3) is 0 Å². The highest BCUT2D eigenvalue weighted by atomic mass is 19.1. The Morgan fingerprint density at radius 2 is 1.53 bits per heavy atom. The highest BCUT2D eigenvalue weighted by Gasteiger charge is 2.43. The number of halogens is 2. The van der Waals surface area contributed by atoms with Crippen LogP contribution in [-0.4, -0.2) is 119 Å². The quantitative estimate of drug-likeness (QED) is 0.331. The average Bonchev–Trinajstić information content (AvgIpc) is 3.77. The fraction of sp³-hybridized carbons (Fsp3) is 0.629. The van der Waals surface area contributed by atoms with Crippen LogP contribution in [0, 0.1) is 17.6 Å². The van der Waals surface area contributed by atoms with E-state index >= 15 is 0 Å². The molecule has 14 nitrogen and oxygen atoms in total. The zero-order valence-corrected chi connectivity index (χ0v) is 29.7. The molecule has 6 amide bonds. The van der Waals surface area contributed by atoms with Crippen molar-refractivity contribution >= 4 is 41.4 Å². The van der Waals surface area contributed by atoms with E-state index in [1.54, 1.807) is 0 Å². The van der Waals surface area contributed by atoms with Crippen LogP contribution in [0.5, 0.6) is 0 Å². The number of hydrogen-bond donors (Lipinski definition) is 3. The second-order valence-corrected chi connectivity index (χ2v) is 14.0. The summed E-state index contributed by atoms with van der Waals surface area (Å²) in [6.07, 6.45) is 1.68. The maximum Gasteiger partial charge on any atom is 0.328 e. The van der Waals surface area contributed by atoms with Crippen LogP contribution >= 0.6 is 0 Å². The average molecular weight is 719 g/mol. The highest BCUT2D eigenvalue weighted by molar-refractivity contribution is 5.97. The van der Waals surface area contributed by atoms with Gasteiger partial charge >= 0.3 is 5.97 Å². The topological polar surface area (TPSA) is 175 Å². The van der Waals surface area contributed by atoms with Gasteiger partial charge in [0.2, 0.25) is 35.4 Å². The van der Waals surface area contributed by atoms with Crippen LogP contribution in [0.4, 0.5) is 8.78 Å². The fourth-order valence-electron chi connectivity index (χ4n) is 6.58. The molecule has 280 valence electrons. The molecule has 0 spiro atoms. The Balaban J connectivity index is 1.66. The number of cyclic esters (lactones) is 1. The van der Waals surface area contributed by atoms with Crippen LogP contribution in [0.3, 0.4) is 0 Å². The highest BCUT2D eigenvalue weighted by Crippen LogP contribution is 2.23. The number of carbonyl (C=O) groups excluding carboxylic acids is 7. The third-order valence-corrected chi connectivity index (χ3v) is 9.64. The molecule has 0 aromatic heterocycles. The first-order valence-electron chi connectivity index (χ1n) is 17.5. The molecule has 0 aliphatic carbocycles. The monoisotopic (exact) mass is 718 g/mol. The zero-order chi connectivity index (χ0) is 37.6. The van der Waals surface area contributed by atoms with Crippen molar-refractivity contribution in [2.24, 2.45) is 5.92 Å². The number of esters is 1. The van der Waals surface area contributed by atoms with E-state index in [2.05, 4.69) is 16.0 Å². The minimum absolute atomic E-state index is 0.0652. The first-order valence-corrected chi connectivity index (χ1v) is 17.5. The van der Waals surface area contributed by atoms with Gasteiger partial charge in [-0.25, -0.2) is 13.6 Å². The van der Waals surface area contributed by atoms with Crippen molar-refractivity contribution in [3.8, 4) is 0 Å². The van der Waals surface area contributed by atoms with Gasteiger partial charge in [0.05, 0.1) is 0 Å². The Morgan fingerprint density at radius 1 is 0.922 bits per heavy atom. The van der Waals surface area contributed by atoms with Crippen molar-refractivity contribution in [2.75, 3.05) is 26.7 Å². The van der Waals surface area contributed by atoms with E-state index in [9.17, 15) is 42.3 Å². The second kappa shape index (κ2) is 17.1. The van der Waals surface area contributed by atoms with Gasteiger partial charge < -0.3 is 35.4 Å². The summed E-state index contributed by atoms with van der Waals surface area (Å²) in [4.78, 5) is 98.3. The standard InChI is InChI=1S/C35H48F2N6O8/c1-19(2)10-11-29(44)39-25(16-22-14-23(36)17-24(37)15-22)31(46)40-26-18-51-35(50)28-9-7-13-43(28)32(47)20(3)38-30(45)21(4)41(5)34(49)27-8-6-12-42(27)33(26)48/h14-15,17,19-21,25-28H,6-13,16,18H2,1-5H3,(H,38,45)(H,39,44)(H,40,46)/t20-,21-,25-,26-,27-,28-/m0/s1. The largest absolute Gasteiger partial charge is 0.461 e. The molecule has 16 heteroatoms. The molecule has 3 N–H and O–H groups in total. The molecule has 1 aromatic rings. The van der Waals surface area contributed by atoms with E-state index in [0.717, 1.165) is 12.1 Å². The number of ether oxygens (including phenoxy) is 1. The zero-order valence-electron chi connectivity index (χ0n) is 29.7. The number of fused-ring (bicyclic) bond motifs is 2. The lowest BCUT2D eigenvalue weighted by atomic mass is 10.0. The van der Waals surface area contributed by atoms with E-state index in [0.29, 0.717) is 25.3 Å². The number of carbonyl (C=O) groups is 7. The van der Waals surface area contributed by atoms with E-state index < -0.39 is 95.9 Å². The summed E-state index contributed by atoms with van der Waals surface area (Å²) in [6.45, 7) is 6.50. The van der Waals surface area contributed by atoms with Gasteiger partial charge in [0.1, 0.15) is 54.5 Å². The molecule has 4 rings (SSSR count). The molecular formula is C35H48F2N6O8. The van der Waals surface area contributed by atoms with E-state index in [-0.39, 0.29) is 50.3 Å². The molecule has 6 atom stereocenters. The van der Waals surface area contributed by atoms with Crippen LogP contribution in [0.2, 0.25) is 0 Å². The van der Waals surface area contributed by atoms with Gasteiger partial charge in [-0.2, -0.15) is 0 Å². The Hall–Kier alpha value is -4.63. The Kier molecular flexibility index (Phi) is 13.1. The van der Waals surface area contributed by atoms with Crippen LogP contribution < -0.4 is 16.0 Å². The van der Waals surface area contributed by atoms with E-state index in [1.165, 1.54) is 35.6 Å². The van der Waals surface area contributed by atoms with E-state index in [4.69, 9.17) is 4.74 Å². The number of benzene rings is 1. The summed E-state index contributed by atoms with van der Waals surface area (Å²) in [5.74, 6) is -6.22. The lowest BCUT2D eigenvalue weighted by Crippen LogP contribution is -2.60. The minimum Gasteiger partial charge on any atom is -0.461 e. The molecule has 0 bridgehead atoms. The molecule has 3 heterocycles. The minimum atomic E-state index is -1.54. The summed E-state index contributed by atoms with van der Waals surface area (Å²) in [7, 11) is 1.42. The van der Waals surface area contributed by atoms with Crippen molar-refractivity contribution in [3.05, 3.63) is 35.4 Å². The fourth-order valence-corrected chi connectivity index (χ4v) is 6.58. The number of rotatable bonds is 8. The number of nitrogens with one attached hydrogen (secondary N) is 3. The SMILES string of the molecule is CC(C)CCC(=O)N[C@@H](Cc1cc(F)cc(F)c1)C(=O)N[C@H]1COC(=O)[C@@H]2CCCN2C(=O)[C@H](C)NC(=O)[C@H](C)N(C)C(=O)[C@@H]2CCCN2C1=O. The number of amides is 6. The molecular weight excluding hydrogens is 670 g/mol. The predicted molar refractivity (Wildman–Crippen MR) is 178 cm³/mol. The molecule has 51 heavy (non-hydrogen) atoms. The van der Waals surface area contributed by atoms with Crippen LogP contribution in [0.25, 0.3) is 0 Å². The van der Waals surface area contributed by atoms with Crippen molar-refractivity contribution in [1.82, 2.24) is 30.7 Å². The van der Waals surface area contributed by atoms with Gasteiger partial charge in [-0.3, -0.25) is 28.8 Å². The third-order valence-electron chi connectivity index (χ3n) is 9.64. The maximum atomic E-state index is 14.2. The first kappa shape index (κ1) is 39.2. The number of likely N-dealkylation sites (N-methyl/N-ethyl adjacent to an activating group) is 1. The van der Waals surface area contributed by atoms with Crippen molar-refractivity contribution < 1.29 is 47.1 Å². The molecule has 3 saturated heterocycles. The summed E-state index contributed by atoms with van der Waals surface area (Å²) >= 11 is 0. The van der Waals surface area contributed by atoms with Gasteiger partial charge in [0.15, 0.2) is 0 Å². The summed E-state index contributed by atoms with van der Waals surface area (Å²) in [5, 5.41) is 7.79. The first-order chi connectivity index (χ1) is 24.1. The van der Waals surface area contributed by atoms with Crippen LogP contribution in [0.15, 0.2) is 18.2 Å². The maximum absolute atomic E-state index is 14.2. The number of hydrogen-bond acceptors (Lipinski definition) is 8. The van der Waals surface area contributed by atoms with E-state index in [1.807, 2.05) is 13.8 Å². The Labute approximate surface area is 296 Å². The summed E-state index contributed by atoms with van der Waals surface area (Å²) in [5.41, 5.74) is 0.0687. The van der Waals surface area contributed by atoms with Crippen LogP contribution in [0.1, 0.15) is 71.8 Å². The second-order valence-electron chi connectivity index (χ2n) is 14.0. The van der Waals surface area contributed by atoms with Gasteiger partial charge in [-0.1, -0.05) is 13.8 Å². The lowest BCUT2D eigenvalue weighted by molar-refractivity contribution is -0.158. The smallest absolute Gasteiger partial charge is 0.328 e. The molecule has 0 saturated carbocycles. The molecule has 1 aromatic carbocycles. The molecule has 3 aliphatic heterocycles. The molecule has 0 radical (unpaired) electrons. The van der Waals surface area contributed by atoms with Crippen LogP contribution in [-0.2, 0) is 44.7 Å². The van der Waals surface area contributed by atoms with Crippen molar-refractivity contribution in [3.63, 3.8) is 0 Å². The van der Waals surface area contributed by atoms with Gasteiger partial charge in [-0.05, 0) is 69.6 Å². The van der Waals surface area contributed by atoms with Gasteiger partial charge in [0, 0.05) is 39.0 Å². The normalized spacial score (nSPS) is 25.7. The third kappa shape index (κ3) is 9.79. The Bertz CT molecular complexity index is 1500. The molecule has 3 aliphatic rings. The van der Waals surface area contributed by atoms with Crippen molar-refractivity contribution in [2.45, 2.75) is 109 Å². The van der Waals surface area contributed by atoms with Gasteiger partial charge in [-0.15, -0.1) is 0 Å².